The first kappa shape index (κ1) is 16.0. The molecule has 2 aromatic rings. The molecule has 0 aliphatic rings. The Morgan fingerprint density at radius 2 is 2.05 bits per heavy atom. The third-order valence-corrected chi connectivity index (χ3v) is 3.61. The number of benzene rings is 1. The molecule has 0 aliphatic carbocycles. The minimum atomic E-state index is -0.488. The van der Waals surface area contributed by atoms with Crippen LogP contribution in [0.2, 0.25) is 0 Å². The minimum Gasteiger partial charge on any atom is -0.490 e. The van der Waals surface area contributed by atoms with Crippen molar-refractivity contribution in [1.82, 2.24) is 5.32 Å². The van der Waals surface area contributed by atoms with Crippen molar-refractivity contribution < 1.29 is 19.1 Å². The SMILES string of the molecule is Cc1cccc(OCCOC(=O)CNC(=O)c2cccs2)c1. The standard InChI is InChI=1S/C16H17NO4S/c1-12-4-2-5-13(10-12)20-7-8-21-15(18)11-17-16(19)14-6-3-9-22-14/h2-6,9-10H,7-8,11H2,1H3,(H,17,19). The quantitative estimate of drug-likeness (QED) is 0.629. The van der Waals surface area contributed by atoms with Crippen molar-refractivity contribution in [3.63, 3.8) is 0 Å². The lowest BCUT2D eigenvalue weighted by Gasteiger charge is -2.08. The molecular formula is C16H17NO4S. The molecule has 0 atom stereocenters. The molecule has 6 heteroatoms. The third-order valence-electron chi connectivity index (χ3n) is 2.74. The lowest BCUT2D eigenvalue weighted by atomic mass is 10.2. The highest BCUT2D eigenvalue weighted by atomic mass is 32.1. The smallest absolute Gasteiger partial charge is 0.325 e. The molecule has 0 aliphatic heterocycles. The average molecular weight is 319 g/mol. The number of carbonyl (C=O) groups excluding carboxylic acids is 2. The van der Waals surface area contributed by atoms with Crippen LogP contribution in [0.15, 0.2) is 41.8 Å². The second-order valence-corrected chi connectivity index (χ2v) is 5.49. The molecule has 1 heterocycles. The second kappa shape index (κ2) is 8.19. The van der Waals surface area contributed by atoms with E-state index < -0.39 is 5.97 Å². The maximum atomic E-state index is 11.6. The second-order valence-electron chi connectivity index (χ2n) is 4.55. The van der Waals surface area contributed by atoms with E-state index in [1.165, 1.54) is 11.3 Å². The number of amides is 1. The van der Waals surface area contributed by atoms with Gasteiger partial charge in [-0.15, -0.1) is 11.3 Å². The summed E-state index contributed by atoms with van der Waals surface area (Å²) >= 11 is 1.32. The van der Waals surface area contributed by atoms with Gasteiger partial charge in [0.1, 0.15) is 25.5 Å². The summed E-state index contributed by atoms with van der Waals surface area (Å²) in [5, 5.41) is 4.31. The normalized spacial score (nSPS) is 10.0. The summed E-state index contributed by atoms with van der Waals surface area (Å²) in [7, 11) is 0. The summed E-state index contributed by atoms with van der Waals surface area (Å²) in [6.07, 6.45) is 0. The molecule has 0 fully saturated rings. The average Bonchev–Trinajstić information content (AvgIpc) is 3.04. The lowest BCUT2D eigenvalue weighted by molar-refractivity contribution is -0.143. The Morgan fingerprint density at radius 3 is 2.77 bits per heavy atom. The van der Waals surface area contributed by atoms with Crippen LogP contribution >= 0.6 is 11.3 Å². The highest BCUT2D eigenvalue weighted by Gasteiger charge is 2.09. The molecule has 0 saturated heterocycles. The van der Waals surface area contributed by atoms with Crippen LogP contribution in [-0.2, 0) is 9.53 Å². The maximum absolute atomic E-state index is 11.6. The Bertz CT molecular complexity index is 625. The van der Waals surface area contributed by atoms with E-state index in [0.29, 0.717) is 4.88 Å². The molecule has 1 aromatic heterocycles. The molecule has 0 bridgehead atoms. The number of rotatable bonds is 7. The first-order valence-electron chi connectivity index (χ1n) is 6.82. The highest BCUT2D eigenvalue weighted by molar-refractivity contribution is 7.12. The summed E-state index contributed by atoms with van der Waals surface area (Å²) in [4.78, 5) is 23.7. The summed E-state index contributed by atoms with van der Waals surface area (Å²) < 4.78 is 10.4. The van der Waals surface area contributed by atoms with Gasteiger partial charge in [-0.2, -0.15) is 0 Å². The van der Waals surface area contributed by atoms with Crippen LogP contribution in [-0.4, -0.2) is 31.6 Å². The van der Waals surface area contributed by atoms with Crippen molar-refractivity contribution in [1.29, 1.82) is 0 Å². The van der Waals surface area contributed by atoms with Crippen LogP contribution in [0.25, 0.3) is 0 Å². The molecule has 116 valence electrons. The number of ether oxygens (including phenoxy) is 2. The van der Waals surface area contributed by atoms with E-state index in [4.69, 9.17) is 9.47 Å². The Labute approximate surface area is 132 Å². The molecule has 0 saturated carbocycles. The van der Waals surface area contributed by atoms with E-state index in [1.54, 1.807) is 17.5 Å². The van der Waals surface area contributed by atoms with Gasteiger partial charge in [-0.1, -0.05) is 18.2 Å². The number of carbonyl (C=O) groups is 2. The molecule has 0 spiro atoms. The molecule has 1 amide bonds. The minimum absolute atomic E-state index is 0.141. The number of aryl methyl sites for hydroxylation is 1. The van der Waals surface area contributed by atoms with Crippen molar-refractivity contribution in [3.05, 3.63) is 52.2 Å². The predicted molar refractivity (Wildman–Crippen MR) is 84.3 cm³/mol. The van der Waals surface area contributed by atoms with Crippen LogP contribution < -0.4 is 10.1 Å². The largest absolute Gasteiger partial charge is 0.490 e. The highest BCUT2D eigenvalue weighted by Crippen LogP contribution is 2.11. The van der Waals surface area contributed by atoms with Gasteiger partial charge in [0, 0.05) is 0 Å². The van der Waals surface area contributed by atoms with Crippen molar-refractivity contribution in [2.45, 2.75) is 6.92 Å². The van der Waals surface area contributed by atoms with E-state index in [0.717, 1.165) is 11.3 Å². The van der Waals surface area contributed by atoms with E-state index in [1.807, 2.05) is 31.2 Å². The van der Waals surface area contributed by atoms with Gasteiger partial charge in [0.2, 0.25) is 0 Å². The molecule has 22 heavy (non-hydrogen) atoms. The molecule has 0 radical (unpaired) electrons. The van der Waals surface area contributed by atoms with Gasteiger partial charge >= 0.3 is 5.97 Å². The lowest BCUT2D eigenvalue weighted by Crippen LogP contribution is -2.30. The van der Waals surface area contributed by atoms with Crippen LogP contribution in [0.4, 0.5) is 0 Å². The monoisotopic (exact) mass is 319 g/mol. The Balaban J connectivity index is 1.61. The number of hydrogen-bond acceptors (Lipinski definition) is 5. The zero-order valence-electron chi connectivity index (χ0n) is 12.2. The van der Waals surface area contributed by atoms with Crippen LogP contribution in [0, 0.1) is 6.92 Å². The number of hydrogen-bond donors (Lipinski definition) is 1. The maximum Gasteiger partial charge on any atom is 0.325 e. The Kier molecular flexibility index (Phi) is 5.97. The van der Waals surface area contributed by atoms with Crippen molar-refractivity contribution in [3.8, 4) is 5.75 Å². The third kappa shape index (κ3) is 5.21. The molecule has 2 rings (SSSR count). The summed E-state index contributed by atoms with van der Waals surface area (Å²) in [6.45, 7) is 2.24. The van der Waals surface area contributed by atoms with Gasteiger partial charge in [0.05, 0.1) is 4.88 Å². The molecular weight excluding hydrogens is 302 g/mol. The van der Waals surface area contributed by atoms with Crippen molar-refractivity contribution in [2.75, 3.05) is 19.8 Å². The van der Waals surface area contributed by atoms with Crippen LogP contribution in [0.1, 0.15) is 15.2 Å². The number of nitrogens with one attached hydrogen (secondary N) is 1. The molecule has 1 N–H and O–H groups in total. The first-order valence-corrected chi connectivity index (χ1v) is 7.70. The zero-order chi connectivity index (χ0) is 15.8. The fraction of sp³-hybridized carbons (Fsp3) is 0.250. The Hall–Kier alpha value is -2.34. The van der Waals surface area contributed by atoms with E-state index in [9.17, 15) is 9.59 Å². The van der Waals surface area contributed by atoms with Gasteiger partial charge in [-0.3, -0.25) is 9.59 Å². The van der Waals surface area contributed by atoms with Crippen LogP contribution in [0.5, 0.6) is 5.75 Å². The fourth-order valence-corrected chi connectivity index (χ4v) is 2.36. The molecule has 1 aromatic carbocycles. The number of esters is 1. The van der Waals surface area contributed by atoms with Crippen LogP contribution in [0.3, 0.4) is 0 Å². The van der Waals surface area contributed by atoms with Gasteiger partial charge in [0.25, 0.3) is 5.91 Å². The van der Waals surface area contributed by atoms with E-state index in [2.05, 4.69) is 5.32 Å². The van der Waals surface area contributed by atoms with Gasteiger partial charge in [-0.25, -0.2) is 0 Å². The van der Waals surface area contributed by atoms with E-state index >= 15 is 0 Å². The number of thiophene rings is 1. The summed E-state index contributed by atoms with van der Waals surface area (Å²) in [5.74, 6) is -0.0252. The fourth-order valence-electron chi connectivity index (χ4n) is 1.72. The van der Waals surface area contributed by atoms with Gasteiger partial charge in [0.15, 0.2) is 0 Å². The van der Waals surface area contributed by atoms with Crippen molar-refractivity contribution in [2.24, 2.45) is 0 Å². The molecule has 5 nitrogen and oxygen atoms in total. The van der Waals surface area contributed by atoms with Crippen molar-refractivity contribution >= 4 is 23.2 Å². The first-order chi connectivity index (χ1) is 10.6. The molecule has 0 unspecified atom stereocenters. The zero-order valence-corrected chi connectivity index (χ0v) is 13.0. The topological polar surface area (TPSA) is 64.6 Å². The Morgan fingerprint density at radius 1 is 1.18 bits per heavy atom. The van der Waals surface area contributed by atoms with E-state index in [-0.39, 0.29) is 25.7 Å². The van der Waals surface area contributed by atoms with Gasteiger partial charge in [-0.05, 0) is 36.1 Å². The summed E-state index contributed by atoms with van der Waals surface area (Å²) in [6, 6.07) is 11.1. The van der Waals surface area contributed by atoms with Gasteiger partial charge < -0.3 is 14.8 Å². The predicted octanol–water partition coefficient (Wildman–Crippen LogP) is 2.41. The summed E-state index contributed by atoms with van der Waals surface area (Å²) in [5.41, 5.74) is 1.10.